The molecule has 0 aliphatic heterocycles. The largest absolute Gasteiger partial charge is 0.395 e. The van der Waals surface area contributed by atoms with Gasteiger partial charge >= 0.3 is 0 Å². The van der Waals surface area contributed by atoms with Crippen molar-refractivity contribution in [3.8, 4) is 0 Å². The fourth-order valence-corrected chi connectivity index (χ4v) is 3.06. The van der Waals surface area contributed by atoms with Crippen molar-refractivity contribution in [1.29, 1.82) is 0 Å². The lowest BCUT2D eigenvalue weighted by Crippen LogP contribution is -2.39. The van der Waals surface area contributed by atoms with Crippen LogP contribution in [0.4, 0.5) is 5.82 Å². The Morgan fingerprint density at radius 2 is 2.06 bits per heavy atom. The minimum Gasteiger partial charge on any atom is -0.395 e. The third kappa shape index (κ3) is 3.13. The zero-order valence-corrected chi connectivity index (χ0v) is 12.5. The van der Waals surface area contributed by atoms with Crippen LogP contribution in [0.2, 0.25) is 5.15 Å². The van der Waals surface area contributed by atoms with Crippen LogP contribution in [0.25, 0.3) is 0 Å². The first-order chi connectivity index (χ1) is 8.74. The van der Waals surface area contributed by atoms with E-state index in [2.05, 4.69) is 30.8 Å². The lowest BCUT2D eigenvalue weighted by Gasteiger charge is -2.35. The van der Waals surface area contributed by atoms with E-state index in [1.54, 1.807) is 0 Å². The van der Waals surface area contributed by atoms with Gasteiger partial charge in [0.15, 0.2) is 0 Å². The highest BCUT2D eigenvalue weighted by Crippen LogP contribution is 2.33. The summed E-state index contributed by atoms with van der Waals surface area (Å²) in [5.41, 5.74) is 0. The first-order valence-corrected chi connectivity index (χ1v) is 7.44. The monoisotopic (exact) mass is 333 g/mol. The number of aliphatic hydroxyl groups is 1. The fourth-order valence-electron chi connectivity index (χ4n) is 2.50. The van der Waals surface area contributed by atoms with Gasteiger partial charge in [0, 0.05) is 12.6 Å². The molecule has 0 unspecified atom stereocenters. The molecule has 1 heterocycles. The molecule has 1 aromatic heterocycles. The average molecular weight is 335 g/mol. The van der Waals surface area contributed by atoms with Crippen molar-refractivity contribution in [3.63, 3.8) is 0 Å². The maximum atomic E-state index is 9.26. The fraction of sp³-hybridized carbons (Fsp3) is 0.667. The van der Waals surface area contributed by atoms with Crippen molar-refractivity contribution in [3.05, 3.63) is 16.0 Å². The summed E-state index contributed by atoms with van der Waals surface area (Å²) < 4.78 is 0.714. The SMILES string of the molecule is OCCN(c1ncnc(Cl)c1Br)C1CCCCC1. The molecule has 1 saturated carbocycles. The smallest absolute Gasteiger partial charge is 0.148 e. The van der Waals surface area contributed by atoms with Gasteiger partial charge in [-0.25, -0.2) is 9.97 Å². The third-order valence-electron chi connectivity index (χ3n) is 3.36. The highest BCUT2D eigenvalue weighted by molar-refractivity contribution is 9.10. The zero-order chi connectivity index (χ0) is 13.0. The van der Waals surface area contributed by atoms with Gasteiger partial charge in [-0.05, 0) is 28.8 Å². The second-order valence-electron chi connectivity index (χ2n) is 4.51. The molecular formula is C12H17BrClN3O. The molecule has 18 heavy (non-hydrogen) atoms. The topological polar surface area (TPSA) is 49.2 Å². The van der Waals surface area contributed by atoms with Crippen molar-refractivity contribution in [2.75, 3.05) is 18.1 Å². The number of hydrogen-bond donors (Lipinski definition) is 1. The third-order valence-corrected chi connectivity index (χ3v) is 4.60. The van der Waals surface area contributed by atoms with Crippen LogP contribution in [-0.2, 0) is 0 Å². The predicted molar refractivity (Wildman–Crippen MR) is 76.0 cm³/mol. The molecular weight excluding hydrogens is 318 g/mol. The Hall–Kier alpha value is -0.390. The van der Waals surface area contributed by atoms with E-state index in [4.69, 9.17) is 11.6 Å². The summed E-state index contributed by atoms with van der Waals surface area (Å²) in [5, 5.41) is 9.67. The number of halogens is 2. The number of nitrogens with zero attached hydrogens (tertiary/aromatic N) is 3. The van der Waals surface area contributed by atoms with E-state index in [9.17, 15) is 5.11 Å². The molecule has 0 aromatic carbocycles. The highest BCUT2D eigenvalue weighted by Gasteiger charge is 2.24. The Morgan fingerprint density at radius 3 is 2.72 bits per heavy atom. The van der Waals surface area contributed by atoms with Crippen LogP contribution in [0, 0.1) is 0 Å². The van der Waals surface area contributed by atoms with E-state index in [0.29, 0.717) is 22.2 Å². The van der Waals surface area contributed by atoms with E-state index in [-0.39, 0.29) is 6.61 Å². The zero-order valence-electron chi connectivity index (χ0n) is 10.1. The number of anilines is 1. The Morgan fingerprint density at radius 1 is 1.33 bits per heavy atom. The Labute approximate surface area is 121 Å². The summed E-state index contributed by atoms with van der Waals surface area (Å²) in [7, 11) is 0. The minimum absolute atomic E-state index is 0.116. The number of aromatic nitrogens is 2. The second kappa shape index (κ2) is 6.68. The van der Waals surface area contributed by atoms with Crippen LogP contribution in [-0.4, -0.2) is 34.3 Å². The van der Waals surface area contributed by atoms with Gasteiger partial charge < -0.3 is 10.0 Å². The highest BCUT2D eigenvalue weighted by atomic mass is 79.9. The molecule has 4 nitrogen and oxygen atoms in total. The van der Waals surface area contributed by atoms with Gasteiger partial charge in [0.1, 0.15) is 17.3 Å². The molecule has 1 aliphatic carbocycles. The van der Waals surface area contributed by atoms with Crippen molar-refractivity contribution in [2.24, 2.45) is 0 Å². The van der Waals surface area contributed by atoms with E-state index in [0.717, 1.165) is 18.7 Å². The standard InChI is InChI=1S/C12H17BrClN3O/c13-10-11(14)15-8-16-12(10)17(6-7-18)9-4-2-1-3-5-9/h8-9,18H,1-7H2. The maximum absolute atomic E-state index is 9.26. The number of aliphatic hydroxyl groups excluding tert-OH is 1. The van der Waals surface area contributed by atoms with Crippen LogP contribution < -0.4 is 4.90 Å². The van der Waals surface area contributed by atoms with E-state index in [1.807, 2.05) is 0 Å². The summed E-state index contributed by atoms with van der Waals surface area (Å²) >= 11 is 9.45. The molecule has 6 heteroatoms. The first-order valence-electron chi connectivity index (χ1n) is 6.27. The van der Waals surface area contributed by atoms with Crippen molar-refractivity contribution >= 4 is 33.3 Å². The predicted octanol–water partition coefficient (Wildman–Crippen LogP) is 3.02. The van der Waals surface area contributed by atoms with E-state index < -0.39 is 0 Å². The lowest BCUT2D eigenvalue weighted by molar-refractivity contribution is 0.289. The molecule has 0 radical (unpaired) electrons. The quantitative estimate of drug-likeness (QED) is 0.860. The van der Waals surface area contributed by atoms with Gasteiger partial charge in [-0.15, -0.1) is 0 Å². The molecule has 2 rings (SSSR count). The summed E-state index contributed by atoms with van der Waals surface area (Å²) in [6, 6.07) is 0.438. The molecule has 0 saturated heterocycles. The molecule has 0 amide bonds. The van der Waals surface area contributed by atoms with Gasteiger partial charge in [-0.2, -0.15) is 0 Å². The van der Waals surface area contributed by atoms with E-state index >= 15 is 0 Å². The van der Waals surface area contributed by atoms with Crippen molar-refractivity contribution < 1.29 is 5.11 Å². The number of hydrogen-bond acceptors (Lipinski definition) is 4. The average Bonchev–Trinajstić information content (AvgIpc) is 2.41. The van der Waals surface area contributed by atoms with Crippen LogP contribution in [0.1, 0.15) is 32.1 Å². The molecule has 100 valence electrons. The molecule has 0 bridgehead atoms. The van der Waals surface area contributed by atoms with Crippen LogP contribution in [0.15, 0.2) is 10.8 Å². The Kier molecular flexibility index (Phi) is 5.21. The molecule has 1 N–H and O–H groups in total. The van der Waals surface area contributed by atoms with Crippen LogP contribution >= 0.6 is 27.5 Å². The molecule has 1 aromatic rings. The van der Waals surface area contributed by atoms with Gasteiger partial charge in [-0.1, -0.05) is 30.9 Å². The van der Waals surface area contributed by atoms with Gasteiger partial charge in [0.05, 0.1) is 11.1 Å². The van der Waals surface area contributed by atoms with Crippen molar-refractivity contribution in [2.45, 2.75) is 38.1 Å². The summed E-state index contributed by atoms with van der Waals surface area (Å²) in [6.45, 7) is 0.696. The normalized spacial score (nSPS) is 16.8. The summed E-state index contributed by atoms with van der Waals surface area (Å²) in [4.78, 5) is 10.4. The minimum atomic E-state index is 0.116. The second-order valence-corrected chi connectivity index (χ2v) is 5.66. The first kappa shape index (κ1) is 14.0. The van der Waals surface area contributed by atoms with Crippen molar-refractivity contribution in [1.82, 2.24) is 9.97 Å². The van der Waals surface area contributed by atoms with E-state index in [1.165, 1.54) is 25.6 Å². The summed E-state index contributed by atoms with van der Waals surface area (Å²) in [5.74, 6) is 0.788. The van der Waals surface area contributed by atoms with Crippen LogP contribution in [0.5, 0.6) is 0 Å². The van der Waals surface area contributed by atoms with Gasteiger partial charge in [0.2, 0.25) is 0 Å². The molecule has 1 aliphatic rings. The lowest BCUT2D eigenvalue weighted by atomic mass is 9.94. The van der Waals surface area contributed by atoms with Gasteiger partial charge in [-0.3, -0.25) is 0 Å². The molecule has 0 atom stereocenters. The molecule has 1 fully saturated rings. The number of rotatable bonds is 4. The Balaban J connectivity index is 2.25. The summed E-state index contributed by atoms with van der Waals surface area (Å²) in [6.07, 6.45) is 7.54. The maximum Gasteiger partial charge on any atom is 0.148 e. The van der Waals surface area contributed by atoms with Gasteiger partial charge in [0.25, 0.3) is 0 Å². The Bertz CT molecular complexity index is 399. The molecule has 0 spiro atoms. The van der Waals surface area contributed by atoms with Crippen LogP contribution in [0.3, 0.4) is 0 Å².